The summed E-state index contributed by atoms with van der Waals surface area (Å²) in [6, 6.07) is 13.7. The first kappa shape index (κ1) is 19.5. The standard InChI is InChI=1S/C22H22FN3O2S/c1-28-19-8-4-17(5-9-19)21(27)14-25-10-12-26(13-11-25)22-24-20(15-29-22)16-2-6-18(23)7-3-16/h2-9,15H,10-14H2,1H3/p+1. The number of hydrogen-bond acceptors (Lipinski definition) is 5. The number of nitrogens with one attached hydrogen (secondary N) is 1. The van der Waals surface area contributed by atoms with Crippen LogP contribution in [0.5, 0.6) is 5.75 Å². The van der Waals surface area contributed by atoms with E-state index in [-0.39, 0.29) is 11.6 Å². The van der Waals surface area contributed by atoms with Gasteiger partial charge in [-0.25, -0.2) is 9.37 Å². The Labute approximate surface area is 173 Å². The molecule has 4 rings (SSSR count). The van der Waals surface area contributed by atoms with Crippen molar-refractivity contribution in [3.8, 4) is 17.0 Å². The summed E-state index contributed by atoms with van der Waals surface area (Å²) < 4.78 is 18.3. The number of quaternary nitrogens is 1. The normalized spacial score (nSPS) is 14.8. The molecule has 0 atom stereocenters. The molecule has 0 unspecified atom stereocenters. The van der Waals surface area contributed by atoms with Crippen molar-refractivity contribution in [1.29, 1.82) is 0 Å². The number of piperazine rings is 1. The lowest BCUT2D eigenvalue weighted by molar-refractivity contribution is -0.892. The van der Waals surface area contributed by atoms with Crippen molar-refractivity contribution < 1.29 is 18.8 Å². The van der Waals surface area contributed by atoms with Gasteiger partial charge in [-0.3, -0.25) is 4.79 Å². The Kier molecular flexibility index (Phi) is 5.87. The number of carbonyl (C=O) groups is 1. The number of aromatic nitrogens is 1. The van der Waals surface area contributed by atoms with E-state index in [9.17, 15) is 9.18 Å². The molecule has 0 saturated carbocycles. The molecule has 1 N–H and O–H groups in total. The second-order valence-electron chi connectivity index (χ2n) is 7.09. The van der Waals surface area contributed by atoms with Crippen molar-refractivity contribution in [3.05, 3.63) is 65.3 Å². The number of ether oxygens (including phenoxy) is 1. The number of nitrogens with zero attached hydrogens (tertiary/aromatic N) is 2. The number of Topliss-reactive ketones (excluding diaryl/α,β-unsaturated/α-hetero) is 1. The number of ketones is 1. The highest BCUT2D eigenvalue weighted by Crippen LogP contribution is 2.27. The summed E-state index contributed by atoms with van der Waals surface area (Å²) >= 11 is 1.60. The van der Waals surface area contributed by atoms with Crippen LogP contribution in [0.25, 0.3) is 11.3 Å². The number of hydrogen-bond donors (Lipinski definition) is 1. The van der Waals surface area contributed by atoms with Crippen LogP contribution in [0.4, 0.5) is 9.52 Å². The van der Waals surface area contributed by atoms with Crippen LogP contribution >= 0.6 is 11.3 Å². The van der Waals surface area contributed by atoms with Crippen LogP contribution < -0.4 is 14.5 Å². The third-order valence-corrected chi connectivity index (χ3v) is 6.10. The van der Waals surface area contributed by atoms with Gasteiger partial charge >= 0.3 is 0 Å². The first-order chi connectivity index (χ1) is 14.1. The lowest BCUT2D eigenvalue weighted by atomic mass is 10.1. The minimum absolute atomic E-state index is 0.156. The van der Waals surface area contributed by atoms with E-state index in [0.29, 0.717) is 6.54 Å². The van der Waals surface area contributed by atoms with Crippen LogP contribution in [0.15, 0.2) is 53.9 Å². The third-order valence-electron chi connectivity index (χ3n) is 5.20. The monoisotopic (exact) mass is 412 g/mol. The topological polar surface area (TPSA) is 46.9 Å². The number of rotatable bonds is 6. The molecule has 7 heteroatoms. The van der Waals surface area contributed by atoms with Gasteiger partial charge in [0.1, 0.15) is 18.1 Å². The summed E-state index contributed by atoms with van der Waals surface area (Å²) in [5, 5.41) is 2.99. The Hall–Kier alpha value is -2.77. The largest absolute Gasteiger partial charge is 0.497 e. The second kappa shape index (κ2) is 8.71. The van der Waals surface area contributed by atoms with E-state index in [4.69, 9.17) is 9.72 Å². The number of thiazole rings is 1. The molecule has 1 aliphatic heterocycles. The summed E-state index contributed by atoms with van der Waals surface area (Å²) in [6.07, 6.45) is 0. The zero-order chi connectivity index (χ0) is 20.2. The summed E-state index contributed by atoms with van der Waals surface area (Å²) in [6.45, 7) is 4.02. The molecule has 1 aromatic heterocycles. The molecule has 29 heavy (non-hydrogen) atoms. The maximum absolute atomic E-state index is 13.1. The number of halogens is 1. The van der Waals surface area contributed by atoms with Crippen LogP contribution in [0.3, 0.4) is 0 Å². The van der Waals surface area contributed by atoms with Gasteiger partial charge in [0.15, 0.2) is 5.13 Å². The molecule has 0 bridgehead atoms. The molecule has 1 fully saturated rings. The predicted molar refractivity (Wildman–Crippen MR) is 113 cm³/mol. The van der Waals surface area contributed by atoms with Gasteiger partial charge in [0.05, 0.1) is 39.0 Å². The summed E-state index contributed by atoms with van der Waals surface area (Å²) in [5.41, 5.74) is 2.52. The Morgan fingerprint density at radius 3 is 2.48 bits per heavy atom. The molecule has 150 valence electrons. The predicted octanol–water partition coefficient (Wildman–Crippen LogP) is 2.55. The van der Waals surface area contributed by atoms with E-state index in [1.807, 2.05) is 29.6 Å². The highest BCUT2D eigenvalue weighted by Gasteiger charge is 2.24. The molecule has 1 aliphatic rings. The van der Waals surface area contributed by atoms with E-state index in [2.05, 4.69) is 4.90 Å². The number of benzene rings is 2. The molecule has 2 aromatic carbocycles. The molecule has 3 aromatic rings. The van der Waals surface area contributed by atoms with Gasteiger partial charge < -0.3 is 14.5 Å². The van der Waals surface area contributed by atoms with Crippen molar-refractivity contribution in [2.75, 3.05) is 44.7 Å². The maximum Gasteiger partial charge on any atom is 0.216 e. The van der Waals surface area contributed by atoms with E-state index < -0.39 is 0 Å². The minimum Gasteiger partial charge on any atom is -0.497 e. The molecule has 2 heterocycles. The third kappa shape index (κ3) is 4.63. The maximum atomic E-state index is 13.1. The molecule has 0 aliphatic carbocycles. The highest BCUT2D eigenvalue weighted by molar-refractivity contribution is 7.14. The van der Waals surface area contributed by atoms with Gasteiger partial charge in [-0.1, -0.05) is 0 Å². The van der Waals surface area contributed by atoms with Gasteiger partial charge in [0, 0.05) is 16.5 Å². The van der Waals surface area contributed by atoms with Gasteiger partial charge in [-0.2, -0.15) is 0 Å². The summed E-state index contributed by atoms with van der Waals surface area (Å²) in [5.74, 6) is 0.669. The molecule has 0 amide bonds. The van der Waals surface area contributed by atoms with Gasteiger partial charge in [-0.15, -0.1) is 11.3 Å². The Balaban J connectivity index is 1.32. The van der Waals surface area contributed by atoms with Crippen LogP contribution in [0, 0.1) is 5.82 Å². The zero-order valence-corrected chi connectivity index (χ0v) is 17.0. The first-order valence-electron chi connectivity index (χ1n) is 9.59. The van der Waals surface area contributed by atoms with Crippen molar-refractivity contribution in [3.63, 3.8) is 0 Å². The lowest BCUT2D eigenvalue weighted by Crippen LogP contribution is -3.15. The van der Waals surface area contributed by atoms with Crippen LogP contribution in [0.2, 0.25) is 0 Å². The number of methoxy groups -OCH3 is 1. The van der Waals surface area contributed by atoms with Crippen molar-refractivity contribution in [2.45, 2.75) is 0 Å². The highest BCUT2D eigenvalue weighted by atomic mass is 32.1. The van der Waals surface area contributed by atoms with Crippen LogP contribution in [-0.2, 0) is 0 Å². The summed E-state index contributed by atoms with van der Waals surface area (Å²) in [4.78, 5) is 20.8. The fourth-order valence-electron chi connectivity index (χ4n) is 3.46. The Morgan fingerprint density at radius 1 is 1.14 bits per heavy atom. The molecule has 0 spiro atoms. The number of anilines is 1. The van der Waals surface area contributed by atoms with Crippen LogP contribution in [-0.4, -0.2) is 50.6 Å². The van der Waals surface area contributed by atoms with E-state index in [1.165, 1.54) is 17.0 Å². The Morgan fingerprint density at radius 2 is 1.83 bits per heavy atom. The molecule has 5 nitrogen and oxygen atoms in total. The van der Waals surface area contributed by atoms with E-state index >= 15 is 0 Å². The van der Waals surface area contributed by atoms with E-state index in [1.54, 1.807) is 30.6 Å². The van der Waals surface area contributed by atoms with Gasteiger partial charge in [-0.05, 0) is 48.5 Å². The fraction of sp³-hybridized carbons (Fsp3) is 0.273. The van der Waals surface area contributed by atoms with Crippen molar-refractivity contribution in [1.82, 2.24) is 4.98 Å². The quantitative estimate of drug-likeness (QED) is 0.632. The minimum atomic E-state index is -0.243. The Bertz CT molecular complexity index is 964. The van der Waals surface area contributed by atoms with Gasteiger partial charge in [0.2, 0.25) is 5.78 Å². The van der Waals surface area contributed by atoms with Crippen molar-refractivity contribution >= 4 is 22.3 Å². The second-order valence-corrected chi connectivity index (χ2v) is 7.92. The average Bonchev–Trinajstić information content (AvgIpc) is 3.25. The molecular formula is C22H23FN3O2S+. The first-order valence-corrected chi connectivity index (χ1v) is 10.5. The molecular weight excluding hydrogens is 389 g/mol. The van der Waals surface area contributed by atoms with Gasteiger partial charge in [0.25, 0.3) is 0 Å². The SMILES string of the molecule is COc1ccc(C(=O)C[NH+]2CCN(c3nc(-c4ccc(F)cc4)cs3)CC2)cc1. The smallest absolute Gasteiger partial charge is 0.216 e. The summed E-state index contributed by atoms with van der Waals surface area (Å²) in [7, 11) is 1.62. The fourth-order valence-corrected chi connectivity index (χ4v) is 4.35. The van der Waals surface area contributed by atoms with E-state index in [0.717, 1.165) is 53.9 Å². The zero-order valence-electron chi connectivity index (χ0n) is 16.2. The molecule has 1 saturated heterocycles. The lowest BCUT2D eigenvalue weighted by Gasteiger charge is -2.31. The number of carbonyl (C=O) groups excluding carboxylic acids is 1. The average molecular weight is 413 g/mol. The van der Waals surface area contributed by atoms with Crippen molar-refractivity contribution in [2.24, 2.45) is 0 Å². The molecule has 0 radical (unpaired) electrons. The van der Waals surface area contributed by atoms with Crippen LogP contribution in [0.1, 0.15) is 10.4 Å².